The summed E-state index contributed by atoms with van der Waals surface area (Å²) in [6, 6.07) is 2.67. The molecule has 0 bridgehead atoms. The van der Waals surface area contributed by atoms with Crippen molar-refractivity contribution in [3.63, 3.8) is 0 Å². The summed E-state index contributed by atoms with van der Waals surface area (Å²) < 4.78 is 27.0. The van der Waals surface area contributed by atoms with Crippen molar-refractivity contribution in [1.29, 1.82) is 0 Å². The number of thiophene rings is 1. The number of carboxylic acids is 1. The number of carbonyl (C=O) groups is 1. The van der Waals surface area contributed by atoms with Gasteiger partial charge in [0.1, 0.15) is 9.09 Å². The van der Waals surface area contributed by atoms with Crippen LogP contribution in [0.4, 0.5) is 0 Å². The fourth-order valence-corrected chi connectivity index (χ4v) is 4.89. The molecule has 2 N–H and O–H groups in total. The molecular weight excluding hydrogens is 298 g/mol. The van der Waals surface area contributed by atoms with E-state index in [1.165, 1.54) is 18.6 Å². The Bertz CT molecular complexity index is 585. The van der Waals surface area contributed by atoms with Gasteiger partial charge in [-0.2, -0.15) is 0 Å². The van der Waals surface area contributed by atoms with Crippen LogP contribution in [0.15, 0.2) is 16.3 Å². The first-order valence-corrected chi connectivity index (χ1v) is 8.95. The first-order chi connectivity index (χ1) is 9.32. The lowest BCUT2D eigenvalue weighted by molar-refractivity contribution is 0.0702. The molecule has 112 valence electrons. The van der Waals surface area contributed by atoms with E-state index in [1.807, 2.05) is 0 Å². The summed E-state index contributed by atoms with van der Waals surface area (Å²) in [6.07, 6.45) is 5.55. The molecule has 0 spiro atoms. The molecule has 0 aromatic carbocycles. The van der Waals surface area contributed by atoms with Crippen molar-refractivity contribution < 1.29 is 18.3 Å². The van der Waals surface area contributed by atoms with Crippen LogP contribution < -0.4 is 4.72 Å². The molecule has 0 radical (unpaired) electrons. The van der Waals surface area contributed by atoms with Gasteiger partial charge in [0, 0.05) is 6.54 Å². The lowest BCUT2D eigenvalue weighted by atomic mass is 9.76. The largest absolute Gasteiger partial charge is 0.477 e. The van der Waals surface area contributed by atoms with Gasteiger partial charge in [-0.25, -0.2) is 17.9 Å². The van der Waals surface area contributed by atoms with Crippen molar-refractivity contribution in [3.8, 4) is 0 Å². The van der Waals surface area contributed by atoms with E-state index < -0.39 is 16.0 Å². The number of aromatic carboxylic acids is 1. The van der Waals surface area contributed by atoms with E-state index in [9.17, 15) is 13.2 Å². The molecule has 20 heavy (non-hydrogen) atoms. The van der Waals surface area contributed by atoms with Crippen molar-refractivity contribution in [3.05, 3.63) is 17.0 Å². The summed E-state index contributed by atoms with van der Waals surface area (Å²) >= 11 is 0.783. The maximum absolute atomic E-state index is 12.2. The molecule has 0 saturated heterocycles. The Morgan fingerprint density at radius 3 is 2.55 bits per heavy atom. The highest BCUT2D eigenvalue weighted by Gasteiger charge is 2.29. The molecule has 0 unspecified atom stereocenters. The molecule has 0 aliphatic heterocycles. The van der Waals surface area contributed by atoms with Gasteiger partial charge in [-0.15, -0.1) is 11.3 Å². The summed E-state index contributed by atoms with van der Waals surface area (Å²) in [7, 11) is -3.61. The highest BCUT2D eigenvalue weighted by atomic mass is 32.2. The Hall–Kier alpha value is -0.920. The fourth-order valence-electron chi connectivity index (χ4n) is 2.50. The van der Waals surface area contributed by atoms with E-state index in [4.69, 9.17) is 5.11 Å². The van der Waals surface area contributed by atoms with Crippen molar-refractivity contribution in [2.75, 3.05) is 6.54 Å². The second kappa shape index (κ2) is 5.83. The van der Waals surface area contributed by atoms with E-state index in [2.05, 4.69) is 11.6 Å². The van der Waals surface area contributed by atoms with Gasteiger partial charge in [0.2, 0.25) is 10.0 Å². The average molecular weight is 317 g/mol. The van der Waals surface area contributed by atoms with Gasteiger partial charge in [0.25, 0.3) is 0 Å². The predicted molar refractivity (Wildman–Crippen MR) is 77.7 cm³/mol. The van der Waals surface area contributed by atoms with Crippen LogP contribution in [0.5, 0.6) is 0 Å². The molecule has 1 saturated carbocycles. The van der Waals surface area contributed by atoms with Gasteiger partial charge in [-0.05, 0) is 30.4 Å². The lowest BCUT2D eigenvalue weighted by Crippen LogP contribution is -2.36. The van der Waals surface area contributed by atoms with Crippen LogP contribution in [0.25, 0.3) is 0 Å². The maximum Gasteiger partial charge on any atom is 0.345 e. The van der Waals surface area contributed by atoms with E-state index in [1.54, 1.807) is 0 Å². The number of sulfonamides is 1. The van der Waals surface area contributed by atoms with E-state index in [0.717, 1.165) is 37.0 Å². The first kappa shape index (κ1) is 15.5. The summed E-state index contributed by atoms with van der Waals surface area (Å²) in [6.45, 7) is 2.52. The third-order valence-electron chi connectivity index (χ3n) is 3.81. The first-order valence-electron chi connectivity index (χ1n) is 6.65. The maximum atomic E-state index is 12.2. The van der Waals surface area contributed by atoms with Gasteiger partial charge in [0.15, 0.2) is 0 Å². The normalized spacial score (nSPS) is 18.9. The molecule has 2 rings (SSSR count). The minimum absolute atomic E-state index is 0.0121. The van der Waals surface area contributed by atoms with Crippen molar-refractivity contribution in [2.45, 2.75) is 43.2 Å². The summed E-state index contributed by atoms with van der Waals surface area (Å²) in [4.78, 5) is 10.8. The zero-order valence-electron chi connectivity index (χ0n) is 11.4. The number of rotatable bonds is 5. The molecule has 1 heterocycles. The number of nitrogens with one attached hydrogen (secondary N) is 1. The summed E-state index contributed by atoms with van der Waals surface area (Å²) in [5, 5.41) is 8.83. The molecule has 1 aromatic heterocycles. The molecule has 5 nitrogen and oxygen atoms in total. The molecule has 0 atom stereocenters. The van der Waals surface area contributed by atoms with Crippen molar-refractivity contribution >= 4 is 27.3 Å². The van der Waals surface area contributed by atoms with Crippen LogP contribution in [0, 0.1) is 5.41 Å². The number of carboxylic acid groups (broad SMARTS) is 1. The second-order valence-electron chi connectivity index (χ2n) is 5.62. The Morgan fingerprint density at radius 2 is 2.00 bits per heavy atom. The van der Waals surface area contributed by atoms with Crippen LogP contribution in [-0.2, 0) is 10.0 Å². The molecule has 1 aliphatic rings. The summed E-state index contributed by atoms with van der Waals surface area (Å²) in [5.74, 6) is -1.10. The SMILES string of the molecule is CC1(CNS(=O)(=O)c2ccc(C(=O)O)s2)CCCCC1. The van der Waals surface area contributed by atoms with Crippen molar-refractivity contribution in [2.24, 2.45) is 5.41 Å². The lowest BCUT2D eigenvalue weighted by Gasteiger charge is -2.33. The van der Waals surface area contributed by atoms with Gasteiger partial charge in [-0.1, -0.05) is 26.2 Å². The molecule has 1 fully saturated rings. The Kier molecular flexibility index (Phi) is 4.51. The van der Waals surface area contributed by atoms with E-state index in [-0.39, 0.29) is 14.5 Å². The smallest absolute Gasteiger partial charge is 0.345 e. The standard InChI is InChI=1S/C13H19NO4S2/c1-13(7-3-2-4-8-13)9-14-20(17,18)11-6-5-10(19-11)12(15)16/h5-6,14H,2-4,7-9H2,1H3,(H,15,16). The Labute approximate surface area is 123 Å². The minimum atomic E-state index is -3.61. The average Bonchev–Trinajstić information content (AvgIpc) is 2.88. The zero-order chi connectivity index (χ0) is 14.8. The minimum Gasteiger partial charge on any atom is -0.477 e. The van der Waals surface area contributed by atoms with Crippen LogP contribution in [0.2, 0.25) is 0 Å². The van der Waals surface area contributed by atoms with E-state index in [0.29, 0.717) is 6.54 Å². The molecule has 0 amide bonds. The van der Waals surface area contributed by atoms with Crippen molar-refractivity contribution in [1.82, 2.24) is 4.72 Å². The number of hydrogen-bond acceptors (Lipinski definition) is 4. The van der Waals surface area contributed by atoms with Crippen LogP contribution >= 0.6 is 11.3 Å². The van der Waals surface area contributed by atoms with Crippen LogP contribution in [0.1, 0.15) is 48.7 Å². The monoisotopic (exact) mass is 317 g/mol. The van der Waals surface area contributed by atoms with Gasteiger partial charge >= 0.3 is 5.97 Å². The quantitative estimate of drug-likeness (QED) is 0.874. The van der Waals surface area contributed by atoms with E-state index >= 15 is 0 Å². The van der Waals surface area contributed by atoms with Gasteiger partial charge < -0.3 is 5.11 Å². The summed E-state index contributed by atoms with van der Waals surface area (Å²) in [5.41, 5.74) is 0.0121. The Morgan fingerprint density at radius 1 is 1.35 bits per heavy atom. The van der Waals surface area contributed by atoms with Crippen LogP contribution in [0.3, 0.4) is 0 Å². The second-order valence-corrected chi connectivity index (χ2v) is 8.70. The molecular formula is C13H19NO4S2. The van der Waals surface area contributed by atoms with Gasteiger partial charge in [-0.3, -0.25) is 0 Å². The third-order valence-corrected chi connectivity index (χ3v) is 6.77. The molecule has 7 heteroatoms. The highest BCUT2D eigenvalue weighted by Crippen LogP contribution is 2.35. The highest BCUT2D eigenvalue weighted by molar-refractivity contribution is 7.91. The predicted octanol–water partition coefficient (Wildman–Crippen LogP) is 2.70. The third kappa shape index (κ3) is 3.59. The Balaban J connectivity index is 2.05. The van der Waals surface area contributed by atoms with Crippen LogP contribution in [-0.4, -0.2) is 26.0 Å². The molecule has 1 aromatic rings. The number of hydrogen-bond donors (Lipinski definition) is 2. The topological polar surface area (TPSA) is 83.5 Å². The fraction of sp³-hybridized carbons (Fsp3) is 0.615. The molecule has 1 aliphatic carbocycles. The van der Waals surface area contributed by atoms with Gasteiger partial charge in [0.05, 0.1) is 0 Å². The zero-order valence-corrected chi connectivity index (χ0v) is 13.0.